The van der Waals surface area contributed by atoms with E-state index in [0.29, 0.717) is 11.2 Å². The van der Waals surface area contributed by atoms with E-state index in [0.717, 1.165) is 0 Å². The Kier molecular flexibility index (Phi) is 2.17. The van der Waals surface area contributed by atoms with Crippen molar-refractivity contribution in [3.05, 3.63) is 22.4 Å². The third kappa shape index (κ3) is 1.22. The molecule has 0 aliphatic rings. The monoisotopic (exact) mass is 155 g/mol. The fourth-order valence-corrected chi connectivity index (χ4v) is 1.23. The number of rotatable bonds is 2. The Bertz CT molecular complexity index is 240. The average Bonchev–Trinajstić information content (AvgIpc) is 2.43. The van der Waals surface area contributed by atoms with Gasteiger partial charge in [0, 0.05) is 0 Å². The van der Waals surface area contributed by atoms with Crippen molar-refractivity contribution in [1.29, 1.82) is 0 Å². The number of hydrogen-bond acceptors (Lipinski definition) is 4. The minimum Gasteiger partial charge on any atom is -0.410 e. The maximum absolute atomic E-state index is 10.2. The van der Waals surface area contributed by atoms with Crippen LogP contribution in [0, 0.1) is 0 Å². The summed E-state index contributed by atoms with van der Waals surface area (Å²) in [6.45, 7) is 0. The van der Waals surface area contributed by atoms with Crippen LogP contribution in [0.25, 0.3) is 0 Å². The van der Waals surface area contributed by atoms with Crippen LogP contribution in [-0.2, 0) is 4.79 Å². The van der Waals surface area contributed by atoms with Crippen LogP contribution in [-0.4, -0.2) is 17.2 Å². The van der Waals surface area contributed by atoms with Crippen molar-refractivity contribution in [3.63, 3.8) is 0 Å². The normalized spacial score (nSPS) is 11.4. The fourth-order valence-electron chi connectivity index (χ4n) is 0.555. The van der Waals surface area contributed by atoms with E-state index >= 15 is 0 Å². The summed E-state index contributed by atoms with van der Waals surface area (Å²) in [6.07, 6.45) is 0.520. The Morgan fingerprint density at radius 3 is 3.00 bits per heavy atom. The van der Waals surface area contributed by atoms with E-state index in [1.54, 1.807) is 12.1 Å². The molecule has 52 valence electrons. The number of aldehydes is 1. The fraction of sp³-hybridized carbons (Fsp3) is 0. The SMILES string of the molecule is O=CC(=NO)c1cccs1. The minimum absolute atomic E-state index is 0.0787. The van der Waals surface area contributed by atoms with E-state index in [9.17, 15) is 4.79 Å². The van der Waals surface area contributed by atoms with Gasteiger partial charge in [-0.2, -0.15) is 0 Å². The Hall–Kier alpha value is -1.16. The van der Waals surface area contributed by atoms with Crippen LogP contribution in [0.1, 0.15) is 4.88 Å². The van der Waals surface area contributed by atoms with Crippen LogP contribution in [0.3, 0.4) is 0 Å². The summed E-state index contributed by atoms with van der Waals surface area (Å²) in [5.41, 5.74) is 0.0787. The zero-order valence-electron chi connectivity index (χ0n) is 5.02. The molecule has 0 fully saturated rings. The Labute approximate surface area is 61.6 Å². The van der Waals surface area contributed by atoms with Crippen molar-refractivity contribution in [2.24, 2.45) is 5.16 Å². The maximum Gasteiger partial charge on any atom is 0.173 e. The molecule has 1 N–H and O–H groups in total. The molecule has 0 aliphatic heterocycles. The first-order valence-corrected chi connectivity index (χ1v) is 3.47. The summed E-state index contributed by atoms with van der Waals surface area (Å²) in [5.74, 6) is 0. The maximum atomic E-state index is 10.2. The van der Waals surface area contributed by atoms with Gasteiger partial charge >= 0.3 is 0 Å². The molecule has 0 amide bonds. The number of oxime groups is 1. The first-order chi connectivity index (χ1) is 4.88. The highest BCUT2D eigenvalue weighted by Gasteiger charge is 2.01. The zero-order valence-corrected chi connectivity index (χ0v) is 5.84. The molecular weight excluding hydrogens is 150 g/mol. The van der Waals surface area contributed by atoms with Crippen LogP contribution in [0.4, 0.5) is 0 Å². The van der Waals surface area contributed by atoms with Crippen molar-refractivity contribution in [1.82, 2.24) is 0 Å². The number of hydrogen-bond donors (Lipinski definition) is 1. The first kappa shape index (κ1) is 6.95. The molecule has 1 rings (SSSR count). The molecule has 1 aromatic heterocycles. The molecule has 0 spiro atoms. The smallest absolute Gasteiger partial charge is 0.173 e. The van der Waals surface area contributed by atoms with Crippen molar-refractivity contribution in [2.45, 2.75) is 0 Å². The highest BCUT2D eigenvalue weighted by molar-refractivity contribution is 7.12. The predicted octanol–water partition coefficient (Wildman–Crippen LogP) is 1.13. The Balaban J connectivity index is 2.95. The second-order valence-corrected chi connectivity index (χ2v) is 2.53. The summed E-state index contributed by atoms with van der Waals surface area (Å²) < 4.78 is 0. The van der Waals surface area contributed by atoms with Crippen molar-refractivity contribution < 1.29 is 10.0 Å². The highest BCUT2D eigenvalue weighted by atomic mass is 32.1. The third-order valence-corrected chi connectivity index (χ3v) is 1.89. The van der Waals surface area contributed by atoms with Gasteiger partial charge in [-0.3, -0.25) is 4.79 Å². The molecule has 0 saturated heterocycles. The van der Waals surface area contributed by atoms with Crippen LogP contribution < -0.4 is 0 Å². The van der Waals surface area contributed by atoms with Crippen LogP contribution in [0.15, 0.2) is 22.7 Å². The lowest BCUT2D eigenvalue weighted by atomic mass is 10.3. The van der Waals surface area contributed by atoms with Gasteiger partial charge in [0.1, 0.15) is 0 Å². The van der Waals surface area contributed by atoms with Crippen LogP contribution in [0.5, 0.6) is 0 Å². The molecule has 0 saturated carbocycles. The summed E-state index contributed by atoms with van der Waals surface area (Å²) in [6, 6.07) is 3.50. The van der Waals surface area contributed by atoms with E-state index in [2.05, 4.69) is 5.16 Å². The van der Waals surface area contributed by atoms with Gasteiger partial charge < -0.3 is 5.21 Å². The average molecular weight is 155 g/mol. The van der Waals surface area contributed by atoms with E-state index in [-0.39, 0.29) is 5.71 Å². The molecule has 3 nitrogen and oxygen atoms in total. The highest BCUT2D eigenvalue weighted by Crippen LogP contribution is 2.08. The molecule has 4 heteroatoms. The standard InChI is InChI=1S/C6H5NO2S/c8-4-5(7-9)6-2-1-3-10-6/h1-4,9H. The molecule has 1 heterocycles. The van der Waals surface area contributed by atoms with Gasteiger partial charge in [-0.1, -0.05) is 11.2 Å². The third-order valence-electron chi connectivity index (χ3n) is 0.993. The number of thiophene rings is 1. The molecule has 0 radical (unpaired) electrons. The molecule has 0 atom stereocenters. The lowest BCUT2D eigenvalue weighted by Crippen LogP contribution is -1.97. The van der Waals surface area contributed by atoms with Gasteiger partial charge in [0.2, 0.25) is 0 Å². The molecule has 0 aliphatic carbocycles. The molecule has 0 unspecified atom stereocenters. The van der Waals surface area contributed by atoms with Gasteiger partial charge in [-0.25, -0.2) is 0 Å². The second kappa shape index (κ2) is 3.12. The number of carbonyl (C=O) groups is 1. The van der Waals surface area contributed by atoms with Crippen LogP contribution >= 0.6 is 11.3 Å². The topological polar surface area (TPSA) is 49.7 Å². The number of nitrogens with zero attached hydrogens (tertiary/aromatic N) is 1. The molecule has 0 bridgehead atoms. The van der Waals surface area contributed by atoms with Gasteiger partial charge in [-0.15, -0.1) is 11.3 Å². The minimum atomic E-state index is 0.0787. The quantitative estimate of drug-likeness (QED) is 0.301. The Morgan fingerprint density at radius 1 is 1.80 bits per heavy atom. The molecule has 10 heavy (non-hydrogen) atoms. The second-order valence-electron chi connectivity index (χ2n) is 1.58. The van der Waals surface area contributed by atoms with E-state index in [1.807, 2.05) is 5.38 Å². The van der Waals surface area contributed by atoms with Gasteiger partial charge in [0.15, 0.2) is 12.0 Å². The van der Waals surface area contributed by atoms with Crippen LogP contribution in [0.2, 0.25) is 0 Å². The van der Waals surface area contributed by atoms with Gasteiger partial charge in [-0.05, 0) is 11.4 Å². The summed E-state index contributed by atoms with van der Waals surface area (Å²) >= 11 is 1.36. The lowest BCUT2D eigenvalue weighted by molar-refractivity contribution is -0.102. The number of carbonyl (C=O) groups excluding carboxylic acids is 1. The van der Waals surface area contributed by atoms with Crippen molar-refractivity contribution >= 4 is 23.3 Å². The van der Waals surface area contributed by atoms with Crippen molar-refractivity contribution in [3.8, 4) is 0 Å². The summed E-state index contributed by atoms with van der Waals surface area (Å²) in [5, 5.41) is 12.9. The lowest BCUT2D eigenvalue weighted by Gasteiger charge is -1.86. The molecular formula is C6H5NO2S. The Morgan fingerprint density at radius 2 is 2.60 bits per heavy atom. The van der Waals surface area contributed by atoms with Gasteiger partial charge in [0.25, 0.3) is 0 Å². The van der Waals surface area contributed by atoms with E-state index < -0.39 is 0 Å². The van der Waals surface area contributed by atoms with E-state index in [1.165, 1.54) is 11.3 Å². The first-order valence-electron chi connectivity index (χ1n) is 2.59. The largest absolute Gasteiger partial charge is 0.410 e. The summed E-state index contributed by atoms with van der Waals surface area (Å²) in [4.78, 5) is 10.8. The summed E-state index contributed by atoms with van der Waals surface area (Å²) in [7, 11) is 0. The van der Waals surface area contributed by atoms with Gasteiger partial charge in [0.05, 0.1) is 4.88 Å². The predicted molar refractivity (Wildman–Crippen MR) is 38.7 cm³/mol. The molecule has 0 aromatic carbocycles. The molecule has 1 aromatic rings. The van der Waals surface area contributed by atoms with E-state index in [4.69, 9.17) is 5.21 Å². The zero-order chi connectivity index (χ0) is 7.40. The van der Waals surface area contributed by atoms with Crippen molar-refractivity contribution in [2.75, 3.05) is 0 Å².